The monoisotopic (exact) mass is 192 g/mol. The zero-order chi connectivity index (χ0) is 9.80. The van der Waals surface area contributed by atoms with E-state index in [1.54, 1.807) is 0 Å². The summed E-state index contributed by atoms with van der Waals surface area (Å²) >= 11 is 0. The number of hydrogen-bond donors (Lipinski definition) is 1. The molecule has 0 spiro atoms. The molecule has 3 heteroatoms. The van der Waals surface area contributed by atoms with Crippen molar-refractivity contribution in [1.82, 2.24) is 5.01 Å². The number of hydrogen-bond acceptors (Lipinski definition) is 3. The standard InChI is InChI=1S/C11H16N2O/c12-13-6-7-14-9-11(13)8-10-4-2-1-3-5-10/h1-5,11H,6-9,12H2. The first-order valence-electron chi connectivity index (χ1n) is 4.99. The third-order valence-electron chi connectivity index (χ3n) is 2.59. The average Bonchev–Trinajstić information content (AvgIpc) is 2.23. The zero-order valence-electron chi connectivity index (χ0n) is 8.23. The van der Waals surface area contributed by atoms with Crippen LogP contribution < -0.4 is 5.84 Å². The van der Waals surface area contributed by atoms with Gasteiger partial charge in [0.15, 0.2) is 0 Å². The largest absolute Gasteiger partial charge is 0.378 e. The van der Waals surface area contributed by atoms with Crippen LogP contribution in [0, 0.1) is 0 Å². The third-order valence-corrected chi connectivity index (χ3v) is 2.59. The van der Waals surface area contributed by atoms with Gasteiger partial charge in [-0.15, -0.1) is 0 Å². The number of morpholine rings is 1. The summed E-state index contributed by atoms with van der Waals surface area (Å²) in [7, 11) is 0. The van der Waals surface area contributed by atoms with Crippen LogP contribution in [-0.2, 0) is 11.2 Å². The highest BCUT2D eigenvalue weighted by Gasteiger charge is 2.19. The van der Waals surface area contributed by atoms with Crippen LogP contribution in [0.3, 0.4) is 0 Å². The molecular weight excluding hydrogens is 176 g/mol. The lowest BCUT2D eigenvalue weighted by Crippen LogP contribution is -2.50. The molecule has 1 fully saturated rings. The first-order chi connectivity index (χ1) is 6.86. The van der Waals surface area contributed by atoms with Gasteiger partial charge in [0.25, 0.3) is 0 Å². The summed E-state index contributed by atoms with van der Waals surface area (Å²) in [6.07, 6.45) is 0.970. The van der Waals surface area contributed by atoms with E-state index in [1.165, 1.54) is 5.56 Å². The van der Waals surface area contributed by atoms with Crippen molar-refractivity contribution in [1.29, 1.82) is 0 Å². The molecule has 0 saturated carbocycles. The average molecular weight is 192 g/mol. The van der Waals surface area contributed by atoms with Gasteiger partial charge in [0.1, 0.15) is 0 Å². The van der Waals surface area contributed by atoms with Crippen molar-refractivity contribution >= 4 is 0 Å². The third kappa shape index (κ3) is 2.32. The van der Waals surface area contributed by atoms with Crippen LogP contribution in [0.25, 0.3) is 0 Å². The molecule has 1 aliphatic heterocycles. The molecule has 1 aromatic rings. The van der Waals surface area contributed by atoms with Crippen molar-refractivity contribution in [3.8, 4) is 0 Å². The first kappa shape index (κ1) is 9.65. The summed E-state index contributed by atoms with van der Waals surface area (Å²) in [4.78, 5) is 0. The molecule has 1 saturated heterocycles. The summed E-state index contributed by atoms with van der Waals surface area (Å²) in [5.41, 5.74) is 1.32. The molecule has 2 rings (SSSR count). The fourth-order valence-corrected chi connectivity index (χ4v) is 1.73. The van der Waals surface area contributed by atoms with Gasteiger partial charge < -0.3 is 4.74 Å². The van der Waals surface area contributed by atoms with E-state index in [9.17, 15) is 0 Å². The van der Waals surface area contributed by atoms with E-state index >= 15 is 0 Å². The van der Waals surface area contributed by atoms with Crippen molar-refractivity contribution < 1.29 is 4.74 Å². The van der Waals surface area contributed by atoms with Gasteiger partial charge in [-0.25, -0.2) is 5.01 Å². The van der Waals surface area contributed by atoms with E-state index in [0.29, 0.717) is 6.04 Å². The molecule has 0 aromatic heterocycles. The van der Waals surface area contributed by atoms with Gasteiger partial charge in [-0.2, -0.15) is 0 Å². The number of ether oxygens (including phenoxy) is 1. The topological polar surface area (TPSA) is 38.5 Å². The minimum atomic E-state index is 0.325. The Bertz CT molecular complexity index is 276. The number of rotatable bonds is 2. The predicted molar refractivity (Wildman–Crippen MR) is 55.6 cm³/mol. The van der Waals surface area contributed by atoms with Crippen LogP contribution in [0.15, 0.2) is 30.3 Å². The summed E-state index contributed by atoms with van der Waals surface area (Å²) < 4.78 is 5.40. The second-order valence-corrected chi connectivity index (χ2v) is 3.66. The van der Waals surface area contributed by atoms with Crippen LogP contribution in [-0.4, -0.2) is 30.8 Å². The Balaban J connectivity index is 1.96. The van der Waals surface area contributed by atoms with Gasteiger partial charge in [-0.3, -0.25) is 5.84 Å². The molecule has 14 heavy (non-hydrogen) atoms. The van der Waals surface area contributed by atoms with Gasteiger partial charge in [-0.05, 0) is 12.0 Å². The highest BCUT2D eigenvalue weighted by molar-refractivity contribution is 5.15. The summed E-state index contributed by atoms with van der Waals surface area (Å²) in [5, 5.41) is 1.89. The lowest BCUT2D eigenvalue weighted by Gasteiger charge is -2.31. The second kappa shape index (κ2) is 4.55. The maximum absolute atomic E-state index is 5.88. The molecule has 0 aliphatic carbocycles. The van der Waals surface area contributed by atoms with E-state index in [0.717, 1.165) is 26.2 Å². The highest BCUT2D eigenvalue weighted by atomic mass is 16.5. The van der Waals surface area contributed by atoms with Crippen LogP contribution in [0.1, 0.15) is 5.56 Å². The van der Waals surface area contributed by atoms with E-state index in [1.807, 2.05) is 11.1 Å². The molecular formula is C11H16N2O. The normalized spacial score (nSPS) is 23.6. The summed E-state index contributed by atoms with van der Waals surface area (Å²) in [6, 6.07) is 10.7. The fraction of sp³-hybridized carbons (Fsp3) is 0.455. The van der Waals surface area contributed by atoms with Crippen molar-refractivity contribution in [2.75, 3.05) is 19.8 Å². The van der Waals surface area contributed by atoms with Gasteiger partial charge in [0.2, 0.25) is 0 Å². The maximum atomic E-state index is 5.88. The predicted octanol–water partition coefficient (Wildman–Crippen LogP) is 0.804. The molecule has 1 aliphatic rings. The molecule has 3 nitrogen and oxygen atoms in total. The van der Waals surface area contributed by atoms with Crippen LogP contribution >= 0.6 is 0 Å². The summed E-state index contributed by atoms with van der Waals surface area (Å²) in [6.45, 7) is 2.32. The number of nitrogens with zero attached hydrogens (tertiary/aromatic N) is 1. The number of hydrazine groups is 1. The van der Waals surface area contributed by atoms with E-state index < -0.39 is 0 Å². The van der Waals surface area contributed by atoms with Gasteiger partial charge in [0, 0.05) is 6.54 Å². The molecule has 1 heterocycles. The van der Waals surface area contributed by atoms with Crippen molar-refractivity contribution in [3.63, 3.8) is 0 Å². The van der Waals surface area contributed by atoms with Gasteiger partial charge in [-0.1, -0.05) is 30.3 Å². The fourth-order valence-electron chi connectivity index (χ4n) is 1.73. The smallest absolute Gasteiger partial charge is 0.0639 e. The lowest BCUT2D eigenvalue weighted by molar-refractivity contribution is -0.00754. The quantitative estimate of drug-likeness (QED) is 0.704. The first-order valence-corrected chi connectivity index (χ1v) is 4.99. The van der Waals surface area contributed by atoms with E-state index in [2.05, 4.69) is 24.3 Å². The van der Waals surface area contributed by atoms with Crippen molar-refractivity contribution in [2.24, 2.45) is 5.84 Å². The molecule has 1 aromatic carbocycles. The molecule has 76 valence electrons. The minimum absolute atomic E-state index is 0.325. The number of nitrogens with two attached hydrogens (primary N) is 1. The van der Waals surface area contributed by atoms with E-state index in [-0.39, 0.29) is 0 Å². The van der Waals surface area contributed by atoms with Gasteiger partial charge >= 0.3 is 0 Å². The molecule has 0 bridgehead atoms. The lowest BCUT2D eigenvalue weighted by atomic mass is 10.1. The molecule has 0 amide bonds. The second-order valence-electron chi connectivity index (χ2n) is 3.66. The Kier molecular flexibility index (Phi) is 3.14. The molecule has 2 N–H and O–H groups in total. The molecule has 1 atom stereocenters. The zero-order valence-corrected chi connectivity index (χ0v) is 8.23. The van der Waals surface area contributed by atoms with Crippen LogP contribution in [0.5, 0.6) is 0 Å². The van der Waals surface area contributed by atoms with Crippen LogP contribution in [0.2, 0.25) is 0 Å². The van der Waals surface area contributed by atoms with Crippen LogP contribution in [0.4, 0.5) is 0 Å². The highest BCUT2D eigenvalue weighted by Crippen LogP contribution is 2.09. The SMILES string of the molecule is NN1CCOCC1Cc1ccccc1. The maximum Gasteiger partial charge on any atom is 0.0639 e. The molecule has 1 unspecified atom stereocenters. The van der Waals surface area contributed by atoms with Crippen molar-refractivity contribution in [3.05, 3.63) is 35.9 Å². The Morgan fingerprint density at radius 1 is 1.36 bits per heavy atom. The Morgan fingerprint density at radius 2 is 2.14 bits per heavy atom. The van der Waals surface area contributed by atoms with E-state index in [4.69, 9.17) is 10.6 Å². The van der Waals surface area contributed by atoms with Gasteiger partial charge in [0.05, 0.1) is 19.3 Å². The number of benzene rings is 1. The Morgan fingerprint density at radius 3 is 2.86 bits per heavy atom. The summed E-state index contributed by atoms with van der Waals surface area (Å²) in [5.74, 6) is 5.88. The molecule has 0 radical (unpaired) electrons. The Labute approximate surface area is 84.4 Å². The minimum Gasteiger partial charge on any atom is -0.378 e. The van der Waals surface area contributed by atoms with Crippen molar-refractivity contribution in [2.45, 2.75) is 12.5 Å². The Hall–Kier alpha value is -0.900.